The van der Waals surface area contributed by atoms with Crippen LogP contribution >= 0.6 is 11.6 Å². The third-order valence-corrected chi connectivity index (χ3v) is 5.77. The minimum Gasteiger partial charge on any atom is -0.488 e. The first-order valence-corrected chi connectivity index (χ1v) is 10.7. The van der Waals surface area contributed by atoms with Gasteiger partial charge in [0.1, 0.15) is 18.2 Å². The van der Waals surface area contributed by atoms with Crippen molar-refractivity contribution in [2.45, 2.75) is 6.61 Å². The van der Waals surface area contributed by atoms with Gasteiger partial charge >= 0.3 is 0 Å². The molecule has 1 aliphatic rings. The van der Waals surface area contributed by atoms with Crippen molar-refractivity contribution < 1.29 is 18.7 Å². The average Bonchev–Trinajstić information content (AvgIpc) is 2.83. The van der Waals surface area contributed by atoms with Gasteiger partial charge in [-0.3, -0.25) is 9.59 Å². The van der Waals surface area contributed by atoms with Crippen LogP contribution in [0.25, 0.3) is 0 Å². The third-order valence-electron chi connectivity index (χ3n) is 5.40. The Balaban J connectivity index is 1.39. The summed E-state index contributed by atoms with van der Waals surface area (Å²) in [5, 5.41) is 0.609. The number of benzene rings is 3. The van der Waals surface area contributed by atoms with E-state index in [1.54, 1.807) is 34.1 Å². The van der Waals surface area contributed by atoms with E-state index < -0.39 is 0 Å². The molecule has 3 aromatic rings. The van der Waals surface area contributed by atoms with Crippen LogP contribution in [0.4, 0.5) is 4.39 Å². The maximum Gasteiger partial charge on any atom is 0.257 e. The highest BCUT2D eigenvalue weighted by molar-refractivity contribution is 6.31. The van der Waals surface area contributed by atoms with Crippen molar-refractivity contribution in [1.82, 2.24) is 9.80 Å². The summed E-state index contributed by atoms with van der Waals surface area (Å²) in [6, 6.07) is 20.0. The summed E-state index contributed by atoms with van der Waals surface area (Å²) < 4.78 is 19.0. The number of piperazine rings is 1. The van der Waals surface area contributed by atoms with Crippen LogP contribution in [0.5, 0.6) is 5.75 Å². The topological polar surface area (TPSA) is 49.9 Å². The Hall–Kier alpha value is -3.38. The fraction of sp³-hybridized carbons (Fsp3) is 0.200. The summed E-state index contributed by atoms with van der Waals surface area (Å²) in [5.74, 6) is -0.205. The lowest BCUT2D eigenvalue weighted by atomic mass is 10.1. The Bertz CT molecular complexity index is 1110. The molecule has 0 N–H and O–H groups in total. The summed E-state index contributed by atoms with van der Waals surface area (Å²) in [7, 11) is 0. The average molecular weight is 453 g/mol. The molecule has 0 aliphatic carbocycles. The Morgan fingerprint density at radius 2 is 1.41 bits per heavy atom. The predicted molar refractivity (Wildman–Crippen MR) is 120 cm³/mol. The van der Waals surface area contributed by atoms with Crippen LogP contribution < -0.4 is 4.74 Å². The van der Waals surface area contributed by atoms with Crippen molar-refractivity contribution in [2.24, 2.45) is 0 Å². The van der Waals surface area contributed by atoms with Crippen molar-refractivity contribution in [3.05, 3.63) is 100 Å². The van der Waals surface area contributed by atoms with Crippen LogP contribution in [-0.4, -0.2) is 47.8 Å². The van der Waals surface area contributed by atoms with Crippen molar-refractivity contribution in [3.63, 3.8) is 0 Å². The van der Waals surface area contributed by atoms with E-state index in [0.29, 0.717) is 48.1 Å². The highest BCUT2D eigenvalue weighted by Gasteiger charge is 2.27. The lowest BCUT2D eigenvalue weighted by Crippen LogP contribution is -2.50. The molecular formula is C25H22ClFN2O3. The van der Waals surface area contributed by atoms with E-state index in [1.807, 2.05) is 24.3 Å². The molecule has 1 heterocycles. The third kappa shape index (κ3) is 4.92. The molecule has 0 saturated carbocycles. The normalized spacial score (nSPS) is 13.7. The zero-order valence-electron chi connectivity index (χ0n) is 17.3. The molecule has 164 valence electrons. The van der Waals surface area contributed by atoms with E-state index >= 15 is 0 Å². The molecule has 0 radical (unpaired) electrons. The summed E-state index contributed by atoms with van der Waals surface area (Å²) in [4.78, 5) is 29.2. The van der Waals surface area contributed by atoms with Crippen LogP contribution in [0.3, 0.4) is 0 Å². The van der Waals surface area contributed by atoms with Crippen LogP contribution in [0, 0.1) is 5.82 Å². The number of halogens is 2. The van der Waals surface area contributed by atoms with Gasteiger partial charge in [-0.1, -0.05) is 41.9 Å². The second-order valence-corrected chi connectivity index (χ2v) is 7.87. The fourth-order valence-corrected chi connectivity index (χ4v) is 3.79. The van der Waals surface area contributed by atoms with E-state index in [2.05, 4.69) is 0 Å². The highest BCUT2D eigenvalue weighted by Crippen LogP contribution is 2.24. The number of hydrogen-bond acceptors (Lipinski definition) is 3. The molecule has 0 bridgehead atoms. The van der Waals surface area contributed by atoms with Crippen molar-refractivity contribution >= 4 is 23.4 Å². The number of carbonyl (C=O) groups is 2. The molecule has 3 aromatic carbocycles. The van der Waals surface area contributed by atoms with Gasteiger partial charge in [-0.05, 0) is 42.5 Å². The first-order valence-electron chi connectivity index (χ1n) is 10.3. The molecule has 5 nitrogen and oxygen atoms in total. The van der Waals surface area contributed by atoms with Gasteiger partial charge in [0.05, 0.1) is 5.56 Å². The molecule has 1 aliphatic heterocycles. The Morgan fingerprint density at radius 1 is 0.812 bits per heavy atom. The molecule has 4 rings (SSSR count). The molecule has 0 spiro atoms. The second-order valence-electron chi connectivity index (χ2n) is 7.47. The number of carbonyl (C=O) groups excluding carboxylic acids is 2. The number of para-hydroxylation sites is 1. The molecule has 32 heavy (non-hydrogen) atoms. The first-order chi connectivity index (χ1) is 15.5. The number of ether oxygens (including phenoxy) is 1. The zero-order chi connectivity index (χ0) is 22.5. The SMILES string of the molecule is O=C(c1ccc(F)cc1)N1CCN(C(=O)c2ccccc2OCc2ccccc2Cl)CC1. The molecule has 0 atom stereocenters. The number of amides is 2. The number of rotatable bonds is 5. The van der Waals surface area contributed by atoms with E-state index in [-0.39, 0.29) is 24.2 Å². The molecule has 2 amide bonds. The van der Waals surface area contributed by atoms with E-state index in [9.17, 15) is 14.0 Å². The van der Waals surface area contributed by atoms with E-state index in [0.717, 1.165) is 5.56 Å². The van der Waals surface area contributed by atoms with E-state index in [4.69, 9.17) is 16.3 Å². The van der Waals surface area contributed by atoms with Crippen LogP contribution in [0.15, 0.2) is 72.8 Å². The van der Waals surface area contributed by atoms with Gasteiger partial charge in [0, 0.05) is 42.3 Å². The largest absolute Gasteiger partial charge is 0.488 e. The van der Waals surface area contributed by atoms with Gasteiger partial charge in [0.2, 0.25) is 0 Å². The standard InChI is InChI=1S/C25H22ClFN2O3/c26-22-7-3-1-5-19(22)17-32-23-8-4-2-6-21(23)25(31)29-15-13-28(14-16-29)24(30)18-9-11-20(27)12-10-18/h1-12H,13-17H2. The van der Waals surface area contributed by atoms with Gasteiger partial charge in [-0.15, -0.1) is 0 Å². The maximum atomic E-state index is 13.2. The number of nitrogens with zero attached hydrogens (tertiary/aromatic N) is 2. The minimum absolute atomic E-state index is 0.145. The van der Waals surface area contributed by atoms with Gasteiger partial charge in [-0.2, -0.15) is 0 Å². The van der Waals surface area contributed by atoms with Gasteiger partial charge in [0.15, 0.2) is 0 Å². The number of hydrogen-bond donors (Lipinski definition) is 0. The van der Waals surface area contributed by atoms with Gasteiger partial charge in [-0.25, -0.2) is 4.39 Å². The lowest BCUT2D eigenvalue weighted by molar-refractivity contribution is 0.0533. The Labute approximate surface area is 191 Å². The molecule has 1 saturated heterocycles. The predicted octanol–water partition coefficient (Wildman–Crippen LogP) is 4.66. The zero-order valence-corrected chi connectivity index (χ0v) is 18.1. The molecule has 0 aromatic heterocycles. The fourth-order valence-electron chi connectivity index (χ4n) is 3.60. The Morgan fingerprint density at radius 3 is 2.09 bits per heavy atom. The van der Waals surface area contributed by atoms with Crippen LogP contribution in [0.1, 0.15) is 26.3 Å². The maximum absolute atomic E-state index is 13.2. The molecule has 1 fully saturated rings. The second kappa shape index (κ2) is 9.83. The summed E-state index contributed by atoms with van der Waals surface area (Å²) in [5.41, 5.74) is 1.74. The highest BCUT2D eigenvalue weighted by atomic mass is 35.5. The van der Waals surface area contributed by atoms with Crippen molar-refractivity contribution in [2.75, 3.05) is 26.2 Å². The van der Waals surface area contributed by atoms with Crippen molar-refractivity contribution in [3.8, 4) is 5.75 Å². The van der Waals surface area contributed by atoms with Gasteiger partial charge < -0.3 is 14.5 Å². The lowest BCUT2D eigenvalue weighted by Gasteiger charge is -2.35. The van der Waals surface area contributed by atoms with Crippen molar-refractivity contribution in [1.29, 1.82) is 0 Å². The molecular weight excluding hydrogens is 431 g/mol. The van der Waals surface area contributed by atoms with Crippen LogP contribution in [-0.2, 0) is 6.61 Å². The Kier molecular flexibility index (Phi) is 6.71. The summed E-state index contributed by atoms with van der Waals surface area (Å²) in [6.45, 7) is 1.88. The first kappa shape index (κ1) is 21.8. The minimum atomic E-state index is -0.382. The summed E-state index contributed by atoms with van der Waals surface area (Å²) >= 11 is 6.20. The van der Waals surface area contributed by atoms with E-state index in [1.165, 1.54) is 24.3 Å². The van der Waals surface area contributed by atoms with Crippen LogP contribution in [0.2, 0.25) is 5.02 Å². The quantitative estimate of drug-likeness (QED) is 0.566. The monoisotopic (exact) mass is 452 g/mol. The molecule has 7 heteroatoms. The summed E-state index contributed by atoms with van der Waals surface area (Å²) in [6.07, 6.45) is 0. The molecule has 0 unspecified atom stereocenters. The smallest absolute Gasteiger partial charge is 0.257 e. The van der Waals surface area contributed by atoms with Gasteiger partial charge in [0.25, 0.3) is 11.8 Å².